The van der Waals surface area contributed by atoms with E-state index in [1.54, 1.807) is 12.4 Å². The molecular weight excluding hydrogens is 216 g/mol. The second-order valence-corrected chi connectivity index (χ2v) is 5.09. The van der Waals surface area contributed by atoms with Crippen LogP contribution in [0.4, 0.5) is 11.6 Å². The zero-order valence-corrected chi connectivity index (χ0v) is 9.93. The molecule has 0 unspecified atom stereocenters. The van der Waals surface area contributed by atoms with E-state index in [1.165, 1.54) is 19.3 Å². The normalized spacial score (nSPS) is 23.2. The molecule has 0 bridgehead atoms. The molecule has 5 heteroatoms. The van der Waals surface area contributed by atoms with Crippen molar-refractivity contribution in [3.05, 3.63) is 12.4 Å². The Kier molecular flexibility index (Phi) is 2.63. The summed E-state index contributed by atoms with van der Waals surface area (Å²) in [7, 11) is 0. The van der Waals surface area contributed by atoms with Gasteiger partial charge in [0.25, 0.3) is 0 Å². The lowest BCUT2D eigenvalue weighted by Crippen LogP contribution is -2.33. The van der Waals surface area contributed by atoms with Crippen molar-refractivity contribution in [3.8, 4) is 0 Å². The van der Waals surface area contributed by atoms with E-state index < -0.39 is 0 Å². The number of nitrogens with two attached hydrogens (primary N) is 1. The van der Waals surface area contributed by atoms with Crippen LogP contribution < -0.4 is 10.6 Å². The van der Waals surface area contributed by atoms with Crippen LogP contribution in [0.2, 0.25) is 0 Å². The minimum atomic E-state index is 0.435. The SMILES string of the molecule is Nc1cncc(N2CCC3(CCOCC3)C2)n1. The Balaban J connectivity index is 1.75. The summed E-state index contributed by atoms with van der Waals surface area (Å²) >= 11 is 0. The van der Waals surface area contributed by atoms with Crippen LogP contribution in [-0.4, -0.2) is 36.3 Å². The molecule has 2 fully saturated rings. The maximum absolute atomic E-state index is 5.68. The summed E-state index contributed by atoms with van der Waals surface area (Å²) in [4.78, 5) is 10.8. The third-order valence-electron chi connectivity index (χ3n) is 3.96. The lowest BCUT2D eigenvalue weighted by molar-refractivity contribution is 0.0254. The number of nitrogen functional groups attached to an aromatic ring is 1. The number of ether oxygens (including phenoxy) is 1. The van der Waals surface area contributed by atoms with Crippen LogP contribution in [-0.2, 0) is 4.74 Å². The number of aromatic nitrogens is 2. The highest BCUT2D eigenvalue weighted by Gasteiger charge is 2.39. The van der Waals surface area contributed by atoms with Gasteiger partial charge < -0.3 is 15.4 Å². The Morgan fingerprint density at radius 1 is 1.24 bits per heavy atom. The van der Waals surface area contributed by atoms with Crippen molar-refractivity contribution in [2.24, 2.45) is 5.41 Å². The van der Waals surface area contributed by atoms with Gasteiger partial charge >= 0.3 is 0 Å². The van der Waals surface area contributed by atoms with Gasteiger partial charge in [-0.05, 0) is 24.7 Å². The summed E-state index contributed by atoms with van der Waals surface area (Å²) in [5.74, 6) is 1.41. The van der Waals surface area contributed by atoms with E-state index in [1.807, 2.05) is 0 Å². The van der Waals surface area contributed by atoms with Crippen molar-refractivity contribution in [1.29, 1.82) is 0 Å². The van der Waals surface area contributed by atoms with Crippen LogP contribution in [0.15, 0.2) is 12.4 Å². The van der Waals surface area contributed by atoms with Gasteiger partial charge in [0.1, 0.15) is 11.6 Å². The van der Waals surface area contributed by atoms with Gasteiger partial charge in [0.05, 0.1) is 12.4 Å². The molecule has 92 valence electrons. The Morgan fingerprint density at radius 3 is 2.82 bits per heavy atom. The molecule has 3 rings (SSSR count). The smallest absolute Gasteiger partial charge is 0.149 e. The van der Waals surface area contributed by atoms with Crippen LogP contribution in [0.1, 0.15) is 19.3 Å². The van der Waals surface area contributed by atoms with Gasteiger partial charge in [-0.2, -0.15) is 0 Å². The minimum Gasteiger partial charge on any atom is -0.382 e. The molecule has 0 saturated carbocycles. The van der Waals surface area contributed by atoms with Crippen molar-refractivity contribution >= 4 is 11.6 Å². The van der Waals surface area contributed by atoms with Crippen LogP contribution in [0.5, 0.6) is 0 Å². The fourth-order valence-corrected chi connectivity index (χ4v) is 2.87. The number of nitrogens with zero attached hydrogens (tertiary/aromatic N) is 3. The highest BCUT2D eigenvalue weighted by Crippen LogP contribution is 2.40. The molecule has 1 aromatic heterocycles. The van der Waals surface area contributed by atoms with Gasteiger partial charge in [0.2, 0.25) is 0 Å². The second-order valence-electron chi connectivity index (χ2n) is 5.09. The third-order valence-corrected chi connectivity index (χ3v) is 3.96. The zero-order chi connectivity index (χ0) is 11.7. The molecule has 2 N–H and O–H groups in total. The van der Waals surface area contributed by atoms with E-state index in [2.05, 4.69) is 14.9 Å². The first-order chi connectivity index (χ1) is 8.27. The van der Waals surface area contributed by atoms with E-state index in [-0.39, 0.29) is 0 Å². The van der Waals surface area contributed by atoms with Crippen molar-refractivity contribution in [2.45, 2.75) is 19.3 Å². The average molecular weight is 234 g/mol. The molecule has 1 spiro atoms. The Labute approximate surface area is 101 Å². The van der Waals surface area contributed by atoms with Crippen LogP contribution in [0, 0.1) is 5.41 Å². The van der Waals surface area contributed by atoms with E-state index in [9.17, 15) is 0 Å². The van der Waals surface area contributed by atoms with Crippen molar-refractivity contribution < 1.29 is 4.74 Å². The van der Waals surface area contributed by atoms with E-state index in [4.69, 9.17) is 10.5 Å². The number of hydrogen-bond acceptors (Lipinski definition) is 5. The van der Waals surface area contributed by atoms with Crippen LogP contribution >= 0.6 is 0 Å². The first kappa shape index (κ1) is 10.8. The Morgan fingerprint density at radius 2 is 2.06 bits per heavy atom. The molecule has 0 radical (unpaired) electrons. The predicted octanol–water partition coefficient (Wildman–Crippen LogP) is 1.07. The summed E-state index contributed by atoms with van der Waals surface area (Å²) in [5, 5.41) is 0. The van der Waals surface area contributed by atoms with Crippen molar-refractivity contribution in [2.75, 3.05) is 36.9 Å². The fraction of sp³-hybridized carbons (Fsp3) is 0.667. The molecule has 2 saturated heterocycles. The summed E-state index contributed by atoms with van der Waals surface area (Å²) in [6, 6.07) is 0. The topological polar surface area (TPSA) is 64.3 Å². The molecule has 0 amide bonds. The first-order valence-electron chi connectivity index (χ1n) is 6.18. The maximum atomic E-state index is 5.68. The predicted molar refractivity (Wildman–Crippen MR) is 65.8 cm³/mol. The molecule has 0 aromatic carbocycles. The quantitative estimate of drug-likeness (QED) is 0.787. The lowest BCUT2D eigenvalue weighted by Gasteiger charge is -2.33. The molecule has 1 aromatic rings. The third kappa shape index (κ3) is 2.07. The van der Waals surface area contributed by atoms with E-state index in [0.717, 1.165) is 32.1 Å². The molecular formula is C12H18N4O. The fourth-order valence-electron chi connectivity index (χ4n) is 2.87. The highest BCUT2D eigenvalue weighted by molar-refractivity contribution is 5.43. The average Bonchev–Trinajstić information content (AvgIpc) is 2.74. The van der Waals surface area contributed by atoms with E-state index in [0.29, 0.717) is 11.2 Å². The Bertz CT molecular complexity index is 403. The monoisotopic (exact) mass is 234 g/mol. The summed E-state index contributed by atoms with van der Waals surface area (Å²) in [5.41, 5.74) is 6.11. The van der Waals surface area contributed by atoms with Crippen LogP contribution in [0.25, 0.3) is 0 Å². The minimum absolute atomic E-state index is 0.435. The van der Waals surface area contributed by atoms with Gasteiger partial charge in [-0.15, -0.1) is 0 Å². The molecule has 0 aliphatic carbocycles. The first-order valence-corrected chi connectivity index (χ1v) is 6.18. The summed E-state index contributed by atoms with van der Waals surface area (Å²) < 4.78 is 5.45. The van der Waals surface area contributed by atoms with E-state index >= 15 is 0 Å². The van der Waals surface area contributed by atoms with Gasteiger partial charge in [-0.3, -0.25) is 4.98 Å². The number of rotatable bonds is 1. The molecule has 3 heterocycles. The van der Waals surface area contributed by atoms with Gasteiger partial charge in [-0.25, -0.2) is 4.98 Å². The summed E-state index contributed by atoms with van der Waals surface area (Å²) in [6.45, 7) is 3.92. The summed E-state index contributed by atoms with van der Waals surface area (Å²) in [6.07, 6.45) is 6.95. The second kappa shape index (κ2) is 4.14. The largest absolute Gasteiger partial charge is 0.382 e. The van der Waals surface area contributed by atoms with Gasteiger partial charge in [-0.1, -0.05) is 0 Å². The standard InChI is InChI=1S/C12H18N4O/c13-10-7-14-8-11(15-10)16-4-1-12(9-16)2-5-17-6-3-12/h7-8H,1-6,9H2,(H2,13,15). The van der Waals surface area contributed by atoms with Crippen LogP contribution in [0.3, 0.4) is 0 Å². The lowest BCUT2D eigenvalue weighted by atomic mass is 9.80. The molecule has 5 nitrogen and oxygen atoms in total. The molecule has 0 atom stereocenters. The number of anilines is 2. The van der Waals surface area contributed by atoms with Crippen molar-refractivity contribution in [1.82, 2.24) is 9.97 Å². The maximum Gasteiger partial charge on any atom is 0.149 e. The Hall–Kier alpha value is -1.36. The zero-order valence-electron chi connectivity index (χ0n) is 9.93. The highest BCUT2D eigenvalue weighted by atomic mass is 16.5. The van der Waals surface area contributed by atoms with Crippen molar-refractivity contribution in [3.63, 3.8) is 0 Å². The van der Waals surface area contributed by atoms with Gasteiger partial charge in [0.15, 0.2) is 0 Å². The molecule has 2 aliphatic rings. The van der Waals surface area contributed by atoms with Gasteiger partial charge in [0, 0.05) is 26.3 Å². The number of hydrogen-bond donors (Lipinski definition) is 1. The molecule has 2 aliphatic heterocycles. The molecule has 17 heavy (non-hydrogen) atoms.